The van der Waals surface area contributed by atoms with Crippen molar-refractivity contribution in [3.8, 4) is 0 Å². The molecule has 13 nitrogen and oxygen atoms in total. The Hall–Kier alpha value is -3.39. The van der Waals surface area contributed by atoms with Crippen molar-refractivity contribution in [3.63, 3.8) is 0 Å². The molecule has 9 atom stereocenters. The standard InChI is InChI=1S/C50H81N5O8/c1-12-32(6)44(54(9)43(31(4)5)48(59)53-47(58)42(51-8)30(2)3)40(61-10)25-41(56)55-20-16-19-39(55)45(62-11)33(7)46(57)52-38(24-34-17-14-13-15-18-34)49(60)63-29-50-26-35-21-36(27-50)23-37(22-35)28-50/h13-15,17-18,30-33,35-40,42-45,51H,12,16,19-29H2,1-11H3,(H,52,57)(H,53,58,59)/t32-,33+,35?,36?,37?,38-,39-,40+,42-,43-,44-,45+,50?/m0/s1. The first kappa shape index (κ1) is 50.6. The highest BCUT2D eigenvalue weighted by atomic mass is 16.5. The van der Waals surface area contributed by atoms with Gasteiger partial charge < -0.3 is 29.7 Å². The zero-order valence-corrected chi connectivity index (χ0v) is 40.3. The molecule has 6 rings (SSSR count). The van der Waals surface area contributed by atoms with Gasteiger partial charge in [0.2, 0.25) is 23.6 Å². The summed E-state index contributed by atoms with van der Waals surface area (Å²) in [6.45, 7) is 14.7. The van der Waals surface area contributed by atoms with Crippen LogP contribution in [0.2, 0.25) is 0 Å². The molecule has 354 valence electrons. The van der Waals surface area contributed by atoms with Crippen molar-refractivity contribution in [3.05, 3.63) is 35.9 Å². The van der Waals surface area contributed by atoms with Gasteiger partial charge in [0.05, 0.1) is 49.3 Å². The third-order valence-corrected chi connectivity index (χ3v) is 15.3. The topological polar surface area (TPSA) is 156 Å². The number of carbonyl (C=O) groups is 5. The summed E-state index contributed by atoms with van der Waals surface area (Å²) < 4.78 is 18.4. The van der Waals surface area contributed by atoms with Crippen molar-refractivity contribution in [2.24, 2.45) is 46.8 Å². The molecule has 4 saturated carbocycles. The molecule has 63 heavy (non-hydrogen) atoms. The molecular formula is C50H81N5O8. The van der Waals surface area contributed by atoms with Crippen LogP contribution in [0.5, 0.6) is 0 Å². The first-order valence-corrected chi connectivity index (χ1v) is 24.1. The summed E-state index contributed by atoms with van der Waals surface area (Å²) in [5.41, 5.74) is 0.980. The molecule has 13 heteroatoms. The number of imide groups is 1. The Morgan fingerprint density at radius 3 is 2.00 bits per heavy atom. The summed E-state index contributed by atoms with van der Waals surface area (Å²) in [5.74, 6) is -0.215. The van der Waals surface area contributed by atoms with E-state index >= 15 is 0 Å². The summed E-state index contributed by atoms with van der Waals surface area (Å²) in [4.78, 5) is 73.5. The number of methoxy groups -OCH3 is 2. The molecule has 5 aliphatic rings. The van der Waals surface area contributed by atoms with Gasteiger partial charge in [0.25, 0.3) is 0 Å². The van der Waals surface area contributed by atoms with Gasteiger partial charge in [-0.15, -0.1) is 0 Å². The molecule has 5 fully saturated rings. The average Bonchev–Trinajstić information content (AvgIpc) is 3.72. The van der Waals surface area contributed by atoms with E-state index in [9.17, 15) is 24.0 Å². The van der Waals surface area contributed by atoms with E-state index in [1.807, 2.05) is 74.9 Å². The van der Waals surface area contributed by atoms with Crippen molar-refractivity contribution >= 4 is 29.6 Å². The van der Waals surface area contributed by atoms with E-state index in [0.717, 1.165) is 55.4 Å². The van der Waals surface area contributed by atoms with E-state index in [0.29, 0.717) is 26.0 Å². The lowest BCUT2D eigenvalue weighted by Gasteiger charge is -2.56. The normalized spacial score (nSPS) is 26.8. The van der Waals surface area contributed by atoms with Gasteiger partial charge in [0.15, 0.2) is 0 Å². The molecule has 1 heterocycles. The van der Waals surface area contributed by atoms with Crippen molar-refractivity contribution in [1.82, 2.24) is 25.8 Å². The number of benzene rings is 1. The summed E-state index contributed by atoms with van der Waals surface area (Å²) >= 11 is 0. The number of ether oxygens (including phenoxy) is 3. The van der Waals surface area contributed by atoms with Gasteiger partial charge in [-0.2, -0.15) is 0 Å². The zero-order chi connectivity index (χ0) is 46.2. The second-order valence-electron chi connectivity index (χ2n) is 20.6. The number of amides is 4. The van der Waals surface area contributed by atoms with Crippen LogP contribution >= 0.6 is 0 Å². The van der Waals surface area contributed by atoms with E-state index < -0.39 is 42.2 Å². The minimum atomic E-state index is -0.873. The van der Waals surface area contributed by atoms with Crippen LogP contribution < -0.4 is 16.0 Å². The van der Waals surface area contributed by atoms with Crippen molar-refractivity contribution < 1.29 is 38.2 Å². The summed E-state index contributed by atoms with van der Waals surface area (Å²) in [7, 11) is 6.76. The molecule has 0 spiro atoms. The molecule has 1 aromatic carbocycles. The number of rotatable bonds is 23. The average molecular weight is 880 g/mol. The second-order valence-corrected chi connectivity index (χ2v) is 20.6. The minimum absolute atomic E-state index is 0.0137. The molecule has 0 aromatic heterocycles. The Bertz CT molecular complexity index is 1650. The minimum Gasteiger partial charge on any atom is -0.464 e. The lowest BCUT2D eigenvalue weighted by Crippen LogP contribution is -2.60. The fraction of sp³-hybridized carbons (Fsp3) is 0.780. The summed E-state index contributed by atoms with van der Waals surface area (Å²) in [5, 5.41) is 8.74. The van der Waals surface area contributed by atoms with E-state index in [-0.39, 0.29) is 65.3 Å². The molecule has 0 radical (unpaired) electrons. The Labute approximate surface area is 378 Å². The summed E-state index contributed by atoms with van der Waals surface area (Å²) in [6.07, 6.45) is 8.63. The quantitative estimate of drug-likeness (QED) is 0.115. The van der Waals surface area contributed by atoms with Crippen LogP contribution in [0.1, 0.15) is 118 Å². The highest BCUT2D eigenvalue weighted by Gasteiger charge is 2.52. The van der Waals surface area contributed by atoms with Gasteiger partial charge in [-0.25, -0.2) is 4.79 Å². The van der Waals surface area contributed by atoms with Crippen LogP contribution in [-0.2, 0) is 44.6 Å². The van der Waals surface area contributed by atoms with Crippen molar-refractivity contribution in [2.45, 2.75) is 162 Å². The molecule has 3 N–H and O–H groups in total. The maximum atomic E-state index is 14.5. The summed E-state index contributed by atoms with van der Waals surface area (Å²) in [6, 6.07) is 6.92. The molecule has 1 aromatic rings. The van der Waals surface area contributed by atoms with Crippen molar-refractivity contribution in [1.29, 1.82) is 0 Å². The van der Waals surface area contributed by atoms with Crippen LogP contribution in [0.15, 0.2) is 30.3 Å². The highest BCUT2D eigenvalue weighted by molar-refractivity contribution is 6.00. The first-order chi connectivity index (χ1) is 30.0. The predicted molar refractivity (Wildman–Crippen MR) is 244 cm³/mol. The Morgan fingerprint density at radius 2 is 1.48 bits per heavy atom. The smallest absolute Gasteiger partial charge is 0.329 e. The van der Waals surface area contributed by atoms with E-state index in [1.165, 1.54) is 19.3 Å². The van der Waals surface area contributed by atoms with Gasteiger partial charge in [0.1, 0.15) is 6.04 Å². The molecule has 4 amide bonds. The fourth-order valence-electron chi connectivity index (χ4n) is 12.5. The van der Waals surface area contributed by atoms with E-state index in [2.05, 4.69) is 29.8 Å². The predicted octanol–water partition coefficient (Wildman–Crippen LogP) is 5.78. The number of hydrogen-bond donors (Lipinski definition) is 3. The van der Waals surface area contributed by atoms with Crippen LogP contribution in [0.25, 0.3) is 0 Å². The number of nitrogens with one attached hydrogen (secondary N) is 3. The number of carbonyl (C=O) groups excluding carboxylic acids is 5. The van der Waals surface area contributed by atoms with Gasteiger partial charge in [0, 0.05) is 38.6 Å². The maximum absolute atomic E-state index is 14.5. The van der Waals surface area contributed by atoms with Crippen LogP contribution in [-0.4, -0.2) is 123 Å². The molecule has 4 bridgehead atoms. The fourth-order valence-corrected chi connectivity index (χ4v) is 12.5. The third-order valence-electron chi connectivity index (χ3n) is 15.3. The third kappa shape index (κ3) is 12.3. The largest absolute Gasteiger partial charge is 0.464 e. The number of likely N-dealkylation sites (tertiary alicyclic amines) is 1. The Morgan fingerprint density at radius 1 is 0.857 bits per heavy atom. The van der Waals surface area contributed by atoms with Gasteiger partial charge in [-0.1, -0.05) is 85.2 Å². The SMILES string of the molecule is CC[C@H](C)[C@@H]([C@@H](CC(=O)N1CCC[C@H]1[C@H](OC)[C@@H](C)C(=O)N[C@@H](Cc1ccccc1)C(=O)OCC12CC3CC(CC(C3)C1)C2)OC)N(C)[C@H](C(=O)NC(=O)[C@@H](NC)C(C)C)C(C)C. The molecule has 1 saturated heterocycles. The molecule has 0 unspecified atom stereocenters. The maximum Gasteiger partial charge on any atom is 0.329 e. The number of likely N-dealkylation sites (N-methyl/N-ethyl adjacent to an activating group) is 2. The van der Waals surface area contributed by atoms with Gasteiger partial charge >= 0.3 is 5.97 Å². The molecule has 1 aliphatic heterocycles. The van der Waals surface area contributed by atoms with Gasteiger partial charge in [-0.05, 0) is 107 Å². The zero-order valence-electron chi connectivity index (χ0n) is 40.3. The number of nitrogens with zero attached hydrogens (tertiary/aromatic N) is 2. The lowest BCUT2D eigenvalue weighted by atomic mass is 9.50. The molecule has 4 aliphatic carbocycles. The monoisotopic (exact) mass is 880 g/mol. The highest BCUT2D eigenvalue weighted by Crippen LogP contribution is 2.60. The Kier molecular flexibility index (Phi) is 18.2. The van der Waals surface area contributed by atoms with E-state index in [1.54, 1.807) is 28.2 Å². The van der Waals surface area contributed by atoms with Crippen LogP contribution in [0.4, 0.5) is 0 Å². The van der Waals surface area contributed by atoms with Crippen LogP contribution in [0, 0.1) is 46.8 Å². The number of esters is 1. The molecular weight excluding hydrogens is 799 g/mol. The van der Waals surface area contributed by atoms with Gasteiger partial charge in [-0.3, -0.25) is 29.4 Å². The Balaban J connectivity index is 1.27. The first-order valence-electron chi connectivity index (χ1n) is 24.1. The van der Waals surface area contributed by atoms with E-state index in [4.69, 9.17) is 14.2 Å². The van der Waals surface area contributed by atoms with Crippen molar-refractivity contribution in [2.75, 3.05) is 41.5 Å². The second kappa shape index (κ2) is 22.7. The lowest BCUT2D eigenvalue weighted by molar-refractivity contribution is -0.159. The number of hydrogen-bond acceptors (Lipinski definition) is 10. The van der Waals surface area contributed by atoms with Crippen LogP contribution in [0.3, 0.4) is 0 Å².